The average molecular weight is 504 g/mol. The van der Waals surface area contributed by atoms with Crippen LogP contribution in [0.15, 0.2) is 66.7 Å². The Bertz CT molecular complexity index is 1200. The molecule has 0 radical (unpaired) electrons. The highest BCUT2D eigenvalue weighted by Gasteiger charge is 2.33. The van der Waals surface area contributed by atoms with Gasteiger partial charge in [-0.3, -0.25) is 4.79 Å². The van der Waals surface area contributed by atoms with Gasteiger partial charge in [0.25, 0.3) is 0 Å². The fourth-order valence-corrected chi connectivity index (χ4v) is 4.69. The van der Waals surface area contributed by atoms with Gasteiger partial charge < -0.3 is 20.6 Å². The van der Waals surface area contributed by atoms with Crippen LogP contribution in [0.25, 0.3) is 10.8 Å². The normalized spacial score (nSPS) is 12.1. The summed E-state index contributed by atoms with van der Waals surface area (Å²) in [4.78, 5) is 37.4. The second-order valence-corrected chi connectivity index (χ2v) is 10.4. The van der Waals surface area contributed by atoms with E-state index in [1.165, 1.54) is 16.3 Å². The summed E-state index contributed by atoms with van der Waals surface area (Å²) in [5.74, 6) is 0. The van der Waals surface area contributed by atoms with Crippen molar-refractivity contribution in [2.75, 3.05) is 13.1 Å². The maximum Gasteiger partial charge on any atom is 0.404 e. The Morgan fingerprint density at radius 3 is 2.32 bits per heavy atom. The van der Waals surface area contributed by atoms with Crippen molar-refractivity contribution in [1.82, 2.24) is 15.5 Å². The highest BCUT2D eigenvalue weighted by molar-refractivity contribution is 5.85. The van der Waals surface area contributed by atoms with Gasteiger partial charge in [0.2, 0.25) is 0 Å². The molecule has 0 saturated heterocycles. The van der Waals surface area contributed by atoms with E-state index >= 15 is 0 Å². The molecular formula is C30H37N3O4. The lowest BCUT2D eigenvalue weighted by molar-refractivity contribution is 0.103. The molecule has 0 saturated carbocycles. The van der Waals surface area contributed by atoms with E-state index in [9.17, 15) is 14.4 Å². The lowest BCUT2D eigenvalue weighted by Crippen LogP contribution is -2.51. The van der Waals surface area contributed by atoms with Gasteiger partial charge in [-0.05, 0) is 46.6 Å². The predicted octanol–water partition coefficient (Wildman–Crippen LogP) is 5.87. The summed E-state index contributed by atoms with van der Waals surface area (Å²) in [7, 11) is 0. The fourth-order valence-electron chi connectivity index (χ4n) is 4.69. The number of amides is 3. The third kappa shape index (κ3) is 8.07. The zero-order valence-electron chi connectivity index (χ0n) is 21.9. The highest BCUT2D eigenvalue weighted by Crippen LogP contribution is 2.29. The summed E-state index contributed by atoms with van der Waals surface area (Å²) in [6, 6.07) is 21.4. The number of fused-ring (bicyclic) bond motifs is 1. The van der Waals surface area contributed by atoms with Crippen molar-refractivity contribution in [3.05, 3.63) is 83.4 Å². The number of nitrogens with one attached hydrogen (secondary N) is 2. The van der Waals surface area contributed by atoms with Gasteiger partial charge in [0.05, 0.1) is 0 Å². The molecule has 7 heteroatoms. The summed E-state index contributed by atoms with van der Waals surface area (Å²) < 4.78 is 0. The van der Waals surface area contributed by atoms with Crippen LogP contribution in [0.1, 0.15) is 55.1 Å². The molecule has 0 aromatic heterocycles. The van der Waals surface area contributed by atoms with Crippen molar-refractivity contribution in [2.24, 2.45) is 5.41 Å². The summed E-state index contributed by atoms with van der Waals surface area (Å²) in [5.41, 5.74) is 2.45. The first-order chi connectivity index (χ1) is 17.7. The predicted molar refractivity (Wildman–Crippen MR) is 147 cm³/mol. The van der Waals surface area contributed by atoms with E-state index in [1.807, 2.05) is 35.2 Å². The lowest BCUT2D eigenvalue weighted by atomic mass is 9.82. The highest BCUT2D eigenvalue weighted by atomic mass is 16.4. The second kappa shape index (κ2) is 12.9. The molecule has 37 heavy (non-hydrogen) atoms. The molecule has 0 fully saturated rings. The Kier molecular flexibility index (Phi) is 9.66. The molecule has 1 atom stereocenters. The van der Waals surface area contributed by atoms with Gasteiger partial charge in [0.1, 0.15) is 6.29 Å². The Hall–Kier alpha value is -3.87. The summed E-state index contributed by atoms with van der Waals surface area (Å²) >= 11 is 0. The third-order valence-corrected chi connectivity index (χ3v) is 6.59. The van der Waals surface area contributed by atoms with E-state index in [0.29, 0.717) is 44.5 Å². The van der Waals surface area contributed by atoms with Gasteiger partial charge in [-0.1, -0.05) is 87.5 Å². The van der Waals surface area contributed by atoms with Crippen LogP contribution in [0.5, 0.6) is 0 Å². The molecular weight excluding hydrogens is 466 g/mol. The van der Waals surface area contributed by atoms with Crippen LogP contribution in [-0.4, -0.2) is 47.5 Å². The van der Waals surface area contributed by atoms with Gasteiger partial charge in [-0.15, -0.1) is 0 Å². The van der Waals surface area contributed by atoms with Crippen molar-refractivity contribution in [1.29, 1.82) is 0 Å². The maximum absolute atomic E-state index is 13.6. The van der Waals surface area contributed by atoms with Crippen molar-refractivity contribution < 1.29 is 19.5 Å². The van der Waals surface area contributed by atoms with E-state index < -0.39 is 6.09 Å². The fraction of sp³-hybridized carbons (Fsp3) is 0.367. The first kappa shape index (κ1) is 27.7. The maximum atomic E-state index is 13.6. The topological polar surface area (TPSA) is 98.7 Å². The quantitative estimate of drug-likeness (QED) is 0.225. The van der Waals surface area contributed by atoms with E-state index in [-0.39, 0.29) is 17.5 Å². The number of carboxylic acid groups (broad SMARTS) is 1. The SMILES string of the molecule is CC(C)(C)[C@H](CCCNC(=O)O)N(Cc1ccc(C=O)cc1)C(=O)NCCc1cccc2ccccc12. The molecule has 0 aliphatic carbocycles. The molecule has 3 aromatic carbocycles. The molecule has 3 rings (SSSR count). The minimum atomic E-state index is -1.05. The van der Waals surface area contributed by atoms with Crippen LogP contribution in [-0.2, 0) is 13.0 Å². The first-order valence-electron chi connectivity index (χ1n) is 12.7. The molecule has 3 aromatic rings. The molecule has 3 N–H and O–H groups in total. The minimum Gasteiger partial charge on any atom is -0.465 e. The zero-order chi connectivity index (χ0) is 26.8. The number of hydrogen-bond acceptors (Lipinski definition) is 3. The van der Waals surface area contributed by atoms with Crippen molar-refractivity contribution >= 4 is 29.2 Å². The number of carbonyl (C=O) groups excluding carboxylic acids is 2. The molecule has 7 nitrogen and oxygen atoms in total. The van der Waals surface area contributed by atoms with E-state index in [1.54, 1.807) is 12.1 Å². The summed E-state index contributed by atoms with van der Waals surface area (Å²) in [5, 5.41) is 16.8. The Morgan fingerprint density at radius 1 is 0.946 bits per heavy atom. The van der Waals surface area contributed by atoms with E-state index in [2.05, 4.69) is 55.7 Å². The average Bonchev–Trinajstić information content (AvgIpc) is 2.87. The molecule has 0 unspecified atom stereocenters. The molecule has 3 amide bonds. The lowest BCUT2D eigenvalue weighted by Gasteiger charge is -2.40. The Labute approximate surface area is 218 Å². The van der Waals surface area contributed by atoms with Crippen LogP contribution in [0.3, 0.4) is 0 Å². The number of carbonyl (C=O) groups is 3. The molecule has 0 heterocycles. The number of benzene rings is 3. The van der Waals surface area contributed by atoms with Crippen molar-refractivity contribution in [2.45, 2.75) is 52.6 Å². The van der Waals surface area contributed by atoms with E-state index in [0.717, 1.165) is 11.8 Å². The monoisotopic (exact) mass is 503 g/mol. The van der Waals surface area contributed by atoms with Crippen molar-refractivity contribution in [3.63, 3.8) is 0 Å². The van der Waals surface area contributed by atoms with Gasteiger partial charge in [0, 0.05) is 31.2 Å². The number of nitrogens with zero attached hydrogens (tertiary/aromatic N) is 1. The number of rotatable bonds is 11. The Morgan fingerprint density at radius 2 is 1.65 bits per heavy atom. The molecule has 0 aliphatic rings. The number of urea groups is 1. The standard InChI is InChI=1S/C30H37N3O4/c1-30(2,3)27(12-7-18-32-29(36)37)33(20-22-13-15-23(21-34)16-14-22)28(35)31-19-17-25-10-6-9-24-8-4-5-11-26(24)25/h4-6,8-11,13-16,21,27,32H,7,12,17-20H2,1-3H3,(H,31,35)(H,36,37)/t27-/m0/s1. The van der Waals surface area contributed by atoms with Gasteiger partial charge in [-0.2, -0.15) is 0 Å². The van der Waals surface area contributed by atoms with E-state index in [4.69, 9.17) is 5.11 Å². The summed E-state index contributed by atoms with van der Waals surface area (Å²) in [6.07, 6.45) is 1.71. The van der Waals surface area contributed by atoms with Gasteiger partial charge >= 0.3 is 12.1 Å². The third-order valence-electron chi connectivity index (χ3n) is 6.59. The first-order valence-corrected chi connectivity index (χ1v) is 12.7. The summed E-state index contributed by atoms with van der Waals surface area (Å²) in [6.45, 7) is 7.47. The Balaban J connectivity index is 1.77. The van der Waals surface area contributed by atoms with Gasteiger partial charge in [-0.25, -0.2) is 9.59 Å². The molecule has 0 aliphatic heterocycles. The van der Waals surface area contributed by atoms with Crippen LogP contribution in [0, 0.1) is 5.41 Å². The van der Waals surface area contributed by atoms with Crippen LogP contribution in [0.2, 0.25) is 0 Å². The van der Waals surface area contributed by atoms with Crippen LogP contribution >= 0.6 is 0 Å². The second-order valence-electron chi connectivity index (χ2n) is 10.4. The molecule has 0 spiro atoms. The largest absolute Gasteiger partial charge is 0.465 e. The molecule has 0 bridgehead atoms. The minimum absolute atomic E-state index is 0.133. The number of hydrogen-bond donors (Lipinski definition) is 3. The molecule has 196 valence electrons. The van der Waals surface area contributed by atoms with Crippen molar-refractivity contribution in [3.8, 4) is 0 Å². The van der Waals surface area contributed by atoms with Crippen LogP contribution in [0.4, 0.5) is 9.59 Å². The van der Waals surface area contributed by atoms with Crippen LogP contribution < -0.4 is 10.6 Å². The smallest absolute Gasteiger partial charge is 0.404 e. The van der Waals surface area contributed by atoms with Gasteiger partial charge in [0.15, 0.2) is 0 Å². The zero-order valence-corrected chi connectivity index (χ0v) is 21.9. The number of aldehydes is 1.